The van der Waals surface area contributed by atoms with E-state index >= 15 is 0 Å². The third kappa shape index (κ3) is 10.2. The van der Waals surface area contributed by atoms with E-state index in [0.29, 0.717) is 0 Å². The van der Waals surface area contributed by atoms with Crippen LogP contribution in [0.25, 0.3) is 0 Å². The predicted octanol–water partition coefficient (Wildman–Crippen LogP) is 4.44. The Balaban J connectivity index is 2.79. The van der Waals surface area contributed by atoms with E-state index in [2.05, 4.69) is 25.7 Å². The maximum Gasteiger partial charge on any atom is -0.0250 e. The first-order valence-electron chi connectivity index (χ1n) is 4.69. The molecular weight excluding hydrogens is 151 g/mol. The molecule has 0 heterocycles. The second kappa shape index (κ2) is 10.2. The zero-order valence-electron chi connectivity index (χ0n) is 7.84. The summed E-state index contributed by atoms with van der Waals surface area (Å²) < 4.78 is 0. The van der Waals surface area contributed by atoms with Crippen molar-refractivity contribution in [3.05, 3.63) is 11.9 Å². The molecule has 1 radical (unpaired) electrons. The average molecular weight is 171 g/mol. The van der Waals surface area contributed by atoms with Gasteiger partial charge in [-0.25, -0.2) is 0 Å². The first-order chi connectivity index (χ1) is 5.41. The quantitative estimate of drug-likeness (QED) is 0.392. The highest BCUT2D eigenvalue weighted by Crippen LogP contribution is 2.15. The van der Waals surface area contributed by atoms with Gasteiger partial charge in [0.1, 0.15) is 0 Å². The van der Waals surface area contributed by atoms with Gasteiger partial charge in [-0.1, -0.05) is 53.1 Å². The molecule has 65 valence electrons. The fraction of sp³-hybridized carbons (Fsp3) is 0.800. The summed E-state index contributed by atoms with van der Waals surface area (Å²) in [5.74, 6) is 2.24. The van der Waals surface area contributed by atoms with E-state index in [1.165, 1.54) is 46.8 Å². The van der Waals surface area contributed by atoms with Crippen molar-refractivity contribution in [1.82, 2.24) is 0 Å². The minimum absolute atomic E-state index is 1.35. The Kier molecular flexibility index (Phi) is 10.3. The molecule has 0 rings (SSSR count). The summed E-state index contributed by atoms with van der Waals surface area (Å²) in [5, 5.41) is 0. The number of hydrogen-bond acceptors (Lipinski definition) is 0. The van der Waals surface area contributed by atoms with E-state index in [0.717, 1.165) is 0 Å². The first-order valence-corrected chi connectivity index (χ1v) is 5.84. The molecule has 0 nitrogen and oxygen atoms in total. The molecule has 0 fully saturated rings. The van der Waals surface area contributed by atoms with Gasteiger partial charge in [0.25, 0.3) is 0 Å². The third-order valence-electron chi connectivity index (χ3n) is 1.65. The smallest absolute Gasteiger partial charge is 0.0250 e. The number of rotatable bonds is 7. The van der Waals surface area contributed by atoms with Crippen molar-refractivity contribution in [2.45, 2.75) is 46.0 Å². The summed E-state index contributed by atoms with van der Waals surface area (Å²) in [5.41, 5.74) is 0. The van der Waals surface area contributed by atoms with E-state index < -0.39 is 0 Å². The van der Waals surface area contributed by atoms with E-state index in [1.54, 1.807) is 0 Å². The molecule has 0 aromatic rings. The molecule has 0 aliphatic rings. The van der Waals surface area contributed by atoms with Gasteiger partial charge < -0.3 is 0 Å². The summed E-state index contributed by atoms with van der Waals surface area (Å²) >= 11 is 0. The van der Waals surface area contributed by atoms with Gasteiger partial charge in [-0.15, -0.1) is 0 Å². The lowest BCUT2D eigenvalue weighted by atomic mass is 10.2. The van der Waals surface area contributed by atoms with Gasteiger partial charge in [-0.3, -0.25) is 0 Å². The van der Waals surface area contributed by atoms with Crippen molar-refractivity contribution in [1.29, 1.82) is 0 Å². The van der Waals surface area contributed by atoms with Crippen molar-refractivity contribution in [3.63, 3.8) is 0 Å². The van der Waals surface area contributed by atoms with Gasteiger partial charge in [0.2, 0.25) is 0 Å². The van der Waals surface area contributed by atoms with Gasteiger partial charge >= 0.3 is 0 Å². The Morgan fingerprint density at radius 1 is 1.09 bits per heavy atom. The van der Waals surface area contributed by atoms with Gasteiger partial charge in [-0.2, -0.15) is 0 Å². The number of unbranched alkanes of at least 4 members (excludes halogenated alkanes) is 4. The molecular formula is C10H20P. The fourth-order valence-corrected chi connectivity index (χ4v) is 1.75. The average Bonchev–Trinajstić information content (AvgIpc) is 2.03. The lowest BCUT2D eigenvalue weighted by Crippen LogP contribution is -1.78. The molecule has 0 aliphatic carbocycles. The van der Waals surface area contributed by atoms with Crippen molar-refractivity contribution in [3.8, 4) is 0 Å². The van der Waals surface area contributed by atoms with Crippen molar-refractivity contribution in [2.75, 3.05) is 6.16 Å². The van der Waals surface area contributed by atoms with Crippen LogP contribution in [0, 0.1) is 0 Å². The maximum absolute atomic E-state index is 2.26. The molecule has 0 N–H and O–H groups in total. The minimum Gasteiger partial charge on any atom is -0.0868 e. The molecule has 0 saturated carbocycles. The van der Waals surface area contributed by atoms with Crippen molar-refractivity contribution < 1.29 is 0 Å². The van der Waals surface area contributed by atoms with Gasteiger partial charge in [0.05, 0.1) is 0 Å². The van der Waals surface area contributed by atoms with Gasteiger partial charge in [-0.05, 0) is 19.5 Å². The van der Waals surface area contributed by atoms with E-state index in [-0.39, 0.29) is 0 Å². The standard InChI is InChI=1S/C10H20P/c1-3-5-6-7-8-10-11-9-4-2/h4,9H,3,5-8,10H2,1-2H3/b9-4-. The number of allylic oxidation sites excluding steroid dienone is 1. The molecule has 0 unspecified atom stereocenters. The van der Waals surface area contributed by atoms with Gasteiger partial charge in [0.15, 0.2) is 0 Å². The number of hydrogen-bond donors (Lipinski definition) is 0. The second-order valence-electron chi connectivity index (χ2n) is 2.80. The summed E-state index contributed by atoms with van der Waals surface area (Å²) in [6, 6.07) is 0. The Labute approximate surface area is 73.2 Å². The predicted molar refractivity (Wildman–Crippen MR) is 55.4 cm³/mol. The van der Waals surface area contributed by atoms with Crippen molar-refractivity contribution in [2.24, 2.45) is 0 Å². The zero-order chi connectivity index (χ0) is 8.36. The first kappa shape index (κ1) is 11.2. The van der Waals surface area contributed by atoms with Crippen LogP contribution in [-0.2, 0) is 0 Å². The fourth-order valence-electron chi connectivity index (χ4n) is 0.987. The Bertz CT molecular complexity index is 86.9. The molecule has 11 heavy (non-hydrogen) atoms. The molecule has 0 bridgehead atoms. The Morgan fingerprint density at radius 2 is 1.82 bits per heavy atom. The highest BCUT2D eigenvalue weighted by molar-refractivity contribution is 7.41. The summed E-state index contributed by atoms with van der Waals surface area (Å²) in [4.78, 5) is 0. The monoisotopic (exact) mass is 171 g/mol. The Morgan fingerprint density at radius 3 is 2.45 bits per heavy atom. The second-order valence-corrected chi connectivity index (χ2v) is 3.91. The highest BCUT2D eigenvalue weighted by Gasteiger charge is 1.87. The molecule has 0 atom stereocenters. The van der Waals surface area contributed by atoms with Crippen LogP contribution < -0.4 is 0 Å². The molecule has 0 aliphatic heterocycles. The van der Waals surface area contributed by atoms with Crippen LogP contribution in [-0.4, -0.2) is 6.16 Å². The molecule has 1 heteroatoms. The Hall–Kier alpha value is 0.170. The molecule has 0 amide bonds. The van der Waals surface area contributed by atoms with Crippen LogP contribution in [0.3, 0.4) is 0 Å². The SMILES string of the molecule is C/C=C\[P]CCCCCCC. The van der Waals surface area contributed by atoms with Crippen molar-refractivity contribution >= 4 is 8.58 Å². The van der Waals surface area contributed by atoms with E-state index in [1.807, 2.05) is 0 Å². The van der Waals surface area contributed by atoms with Crippen LogP contribution in [0.5, 0.6) is 0 Å². The van der Waals surface area contributed by atoms with Gasteiger partial charge in [0, 0.05) is 0 Å². The van der Waals surface area contributed by atoms with E-state index in [9.17, 15) is 0 Å². The summed E-state index contributed by atoms with van der Waals surface area (Å²) in [7, 11) is 1.50. The minimum atomic E-state index is 1.35. The van der Waals surface area contributed by atoms with Crippen LogP contribution in [0.4, 0.5) is 0 Å². The molecule has 0 aromatic heterocycles. The molecule has 0 spiro atoms. The largest absolute Gasteiger partial charge is 0.0868 e. The molecule has 0 aromatic carbocycles. The topological polar surface area (TPSA) is 0 Å². The summed E-state index contributed by atoms with van der Waals surface area (Å²) in [6.07, 6.45) is 10.5. The highest BCUT2D eigenvalue weighted by atomic mass is 31.1. The van der Waals surface area contributed by atoms with Crippen LogP contribution in [0.15, 0.2) is 11.9 Å². The maximum atomic E-state index is 2.26. The third-order valence-corrected chi connectivity index (χ3v) is 2.73. The lowest BCUT2D eigenvalue weighted by Gasteiger charge is -1.96. The lowest BCUT2D eigenvalue weighted by molar-refractivity contribution is 0.659. The van der Waals surface area contributed by atoms with Crippen LogP contribution in [0.2, 0.25) is 0 Å². The van der Waals surface area contributed by atoms with E-state index in [4.69, 9.17) is 0 Å². The molecule has 0 saturated heterocycles. The summed E-state index contributed by atoms with van der Waals surface area (Å²) in [6.45, 7) is 4.35. The normalized spacial score (nSPS) is 12.2. The van der Waals surface area contributed by atoms with Crippen LogP contribution in [0.1, 0.15) is 46.0 Å². The zero-order valence-corrected chi connectivity index (χ0v) is 8.74. The van der Waals surface area contributed by atoms with Crippen LogP contribution >= 0.6 is 8.58 Å².